The Morgan fingerprint density at radius 3 is 3.00 bits per heavy atom. The minimum absolute atomic E-state index is 0.0337. The van der Waals surface area contributed by atoms with Gasteiger partial charge in [0.2, 0.25) is 5.91 Å². The van der Waals surface area contributed by atoms with Gasteiger partial charge in [-0.3, -0.25) is 18.8 Å². The fraction of sp³-hybridized carbons (Fsp3) is 0.562. The maximum Gasteiger partial charge on any atom is 0.268 e. The van der Waals surface area contributed by atoms with Crippen molar-refractivity contribution in [1.29, 1.82) is 0 Å². The quantitative estimate of drug-likeness (QED) is 0.843. The molecule has 0 spiro atoms. The zero-order valence-corrected chi connectivity index (χ0v) is 14.2. The second-order valence-corrected chi connectivity index (χ2v) is 7.10. The molecule has 0 bridgehead atoms. The molecule has 128 valence electrons. The Hall–Kier alpha value is -1.93. The molecule has 0 radical (unpaired) electrons. The van der Waals surface area contributed by atoms with Gasteiger partial charge < -0.3 is 4.90 Å². The van der Waals surface area contributed by atoms with Crippen LogP contribution in [0.2, 0.25) is 0 Å². The van der Waals surface area contributed by atoms with E-state index < -0.39 is 0 Å². The molecule has 4 rings (SSSR count). The van der Waals surface area contributed by atoms with Gasteiger partial charge in [-0.15, -0.1) is 11.3 Å². The van der Waals surface area contributed by atoms with E-state index in [2.05, 4.69) is 4.98 Å². The van der Waals surface area contributed by atoms with E-state index in [1.807, 2.05) is 22.2 Å². The molecule has 2 fully saturated rings. The van der Waals surface area contributed by atoms with E-state index >= 15 is 0 Å². The van der Waals surface area contributed by atoms with E-state index in [-0.39, 0.29) is 24.3 Å². The van der Waals surface area contributed by atoms with Crippen molar-refractivity contribution in [3.63, 3.8) is 0 Å². The number of carbonyl (C=O) groups excluding carboxylic acids is 2. The summed E-state index contributed by atoms with van der Waals surface area (Å²) in [5.74, 6) is -0.111. The van der Waals surface area contributed by atoms with Crippen molar-refractivity contribution >= 4 is 28.1 Å². The molecule has 7 nitrogen and oxygen atoms in total. The topological polar surface area (TPSA) is 67.2 Å². The Morgan fingerprint density at radius 2 is 2.21 bits per heavy atom. The zero-order chi connectivity index (χ0) is 16.5. The first-order valence-corrected chi connectivity index (χ1v) is 9.25. The van der Waals surface area contributed by atoms with E-state index in [1.54, 1.807) is 16.2 Å². The van der Waals surface area contributed by atoms with Gasteiger partial charge in [-0.1, -0.05) is 0 Å². The zero-order valence-electron chi connectivity index (χ0n) is 13.4. The number of imidazole rings is 1. The second kappa shape index (κ2) is 6.52. The van der Waals surface area contributed by atoms with Crippen LogP contribution in [0, 0.1) is 0 Å². The highest BCUT2D eigenvalue weighted by Gasteiger charge is 2.37. The average Bonchev–Trinajstić information content (AvgIpc) is 3.30. The van der Waals surface area contributed by atoms with Crippen molar-refractivity contribution < 1.29 is 14.4 Å². The van der Waals surface area contributed by atoms with E-state index in [0.717, 1.165) is 29.9 Å². The molecule has 24 heavy (non-hydrogen) atoms. The Labute approximate surface area is 143 Å². The van der Waals surface area contributed by atoms with E-state index in [0.29, 0.717) is 26.1 Å². The summed E-state index contributed by atoms with van der Waals surface area (Å²) in [6, 6.07) is -0.390. The highest BCUT2D eigenvalue weighted by atomic mass is 32.1. The lowest BCUT2D eigenvalue weighted by molar-refractivity contribution is -0.201. The molecule has 0 aliphatic carbocycles. The SMILES string of the molecule is O=C([C@@H]1CCCN1C(=O)Cc1cn2ccsc2n1)N1CCCCO1. The third-order valence-corrected chi connectivity index (χ3v) is 5.35. The van der Waals surface area contributed by atoms with Crippen LogP contribution in [0.1, 0.15) is 31.4 Å². The number of nitrogens with zero attached hydrogens (tertiary/aromatic N) is 4. The second-order valence-electron chi connectivity index (χ2n) is 6.23. The van der Waals surface area contributed by atoms with Gasteiger partial charge in [0.05, 0.1) is 18.7 Å². The summed E-state index contributed by atoms with van der Waals surface area (Å²) in [5, 5.41) is 3.41. The molecule has 0 saturated carbocycles. The number of thiazole rings is 1. The highest BCUT2D eigenvalue weighted by molar-refractivity contribution is 7.15. The standard InChI is InChI=1S/C16H20N4O3S/c21-14(10-12-11-18-7-9-24-16(18)17-12)19-5-3-4-13(19)15(22)20-6-1-2-8-23-20/h7,9,11,13H,1-6,8,10H2/t13-/m0/s1. The molecule has 2 aliphatic rings. The van der Waals surface area contributed by atoms with Crippen molar-refractivity contribution in [2.45, 2.75) is 38.1 Å². The number of hydrogen-bond donors (Lipinski definition) is 0. The van der Waals surface area contributed by atoms with Crippen LogP contribution < -0.4 is 0 Å². The van der Waals surface area contributed by atoms with Crippen molar-refractivity contribution in [3.05, 3.63) is 23.5 Å². The van der Waals surface area contributed by atoms with Gasteiger partial charge in [-0.25, -0.2) is 10.0 Å². The third kappa shape index (κ3) is 2.91. The van der Waals surface area contributed by atoms with E-state index in [1.165, 1.54) is 5.06 Å². The van der Waals surface area contributed by atoms with Crippen LogP contribution >= 0.6 is 11.3 Å². The molecule has 4 heterocycles. The van der Waals surface area contributed by atoms with Crippen LogP contribution in [0.15, 0.2) is 17.8 Å². The van der Waals surface area contributed by atoms with Crippen molar-refractivity contribution in [2.75, 3.05) is 19.7 Å². The summed E-state index contributed by atoms with van der Waals surface area (Å²) in [4.78, 5) is 37.8. The van der Waals surface area contributed by atoms with Crippen LogP contribution in [0.5, 0.6) is 0 Å². The number of fused-ring (bicyclic) bond motifs is 1. The fourth-order valence-electron chi connectivity index (χ4n) is 3.38. The lowest BCUT2D eigenvalue weighted by atomic mass is 10.2. The normalized spacial score (nSPS) is 21.6. The van der Waals surface area contributed by atoms with Crippen LogP contribution in [-0.2, 0) is 20.8 Å². The summed E-state index contributed by atoms with van der Waals surface area (Å²) >= 11 is 1.54. The predicted molar refractivity (Wildman–Crippen MR) is 88.4 cm³/mol. The van der Waals surface area contributed by atoms with Crippen LogP contribution in [-0.4, -0.2) is 56.9 Å². The van der Waals surface area contributed by atoms with Gasteiger partial charge in [0, 0.05) is 30.9 Å². The predicted octanol–water partition coefficient (Wildman–Crippen LogP) is 1.48. The Bertz CT molecular complexity index is 721. The molecule has 1 atom stereocenters. The van der Waals surface area contributed by atoms with Gasteiger partial charge in [-0.2, -0.15) is 0 Å². The molecular weight excluding hydrogens is 328 g/mol. The molecule has 2 aromatic rings. The van der Waals surface area contributed by atoms with Crippen molar-refractivity contribution in [2.24, 2.45) is 0 Å². The van der Waals surface area contributed by atoms with Gasteiger partial charge in [0.1, 0.15) is 6.04 Å². The number of amides is 2. The first-order chi connectivity index (χ1) is 11.7. The summed E-state index contributed by atoms with van der Waals surface area (Å²) in [5.41, 5.74) is 0.749. The first-order valence-electron chi connectivity index (χ1n) is 8.37. The average molecular weight is 348 g/mol. The van der Waals surface area contributed by atoms with Gasteiger partial charge in [-0.05, 0) is 25.7 Å². The summed E-state index contributed by atoms with van der Waals surface area (Å²) in [7, 11) is 0. The van der Waals surface area contributed by atoms with Gasteiger partial charge in [0.15, 0.2) is 4.96 Å². The van der Waals surface area contributed by atoms with Crippen LogP contribution in [0.4, 0.5) is 0 Å². The van der Waals surface area contributed by atoms with Gasteiger partial charge >= 0.3 is 0 Å². The Balaban J connectivity index is 1.44. The van der Waals surface area contributed by atoms with E-state index in [9.17, 15) is 9.59 Å². The lowest BCUT2D eigenvalue weighted by Gasteiger charge is -2.31. The lowest BCUT2D eigenvalue weighted by Crippen LogP contribution is -2.49. The molecule has 0 N–H and O–H groups in total. The number of hydroxylamine groups is 2. The maximum atomic E-state index is 12.7. The minimum atomic E-state index is -0.390. The molecule has 2 aliphatic heterocycles. The maximum absolute atomic E-state index is 12.7. The number of hydrogen-bond acceptors (Lipinski definition) is 5. The molecule has 0 unspecified atom stereocenters. The number of likely N-dealkylation sites (tertiary alicyclic amines) is 1. The van der Waals surface area contributed by atoms with Crippen molar-refractivity contribution in [3.8, 4) is 0 Å². The minimum Gasteiger partial charge on any atom is -0.330 e. The molecule has 2 amide bonds. The summed E-state index contributed by atoms with van der Waals surface area (Å²) in [6.45, 7) is 1.83. The number of carbonyl (C=O) groups is 2. The fourth-order valence-corrected chi connectivity index (χ4v) is 4.10. The number of aromatic nitrogens is 2. The first kappa shape index (κ1) is 15.6. The molecule has 8 heteroatoms. The largest absolute Gasteiger partial charge is 0.330 e. The summed E-state index contributed by atoms with van der Waals surface area (Å²) < 4.78 is 1.92. The molecule has 2 aromatic heterocycles. The number of rotatable bonds is 3. The van der Waals surface area contributed by atoms with Crippen LogP contribution in [0.3, 0.4) is 0 Å². The monoisotopic (exact) mass is 348 g/mol. The van der Waals surface area contributed by atoms with Gasteiger partial charge in [0.25, 0.3) is 5.91 Å². The smallest absolute Gasteiger partial charge is 0.268 e. The summed E-state index contributed by atoms with van der Waals surface area (Å²) in [6.07, 6.45) is 7.55. The highest BCUT2D eigenvalue weighted by Crippen LogP contribution is 2.22. The van der Waals surface area contributed by atoms with E-state index in [4.69, 9.17) is 4.84 Å². The Kier molecular flexibility index (Phi) is 4.24. The molecule has 0 aromatic carbocycles. The third-order valence-electron chi connectivity index (χ3n) is 4.58. The molecular formula is C16H20N4O3S. The Morgan fingerprint density at radius 1 is 1.29 bits per heavy atom. The molecule has 2 saturated heterocycles. The van der Waals surface area contributed by atoms with Crippen LogP contribution in [0.25, 0.3) is 4.96 Å². The van der Waals surface area contributed by atoms with Crippen molar-refractivity contribution in [1.82, 2.24) is 19.3 Å².